The van der Waals surface area contributed by atoms with Crippen LogP contribution in [0.25, 0.3) is 130 Å². The summed E-state index contributed by atoms with van der Waals surface area (Å²) in [5, 5.41) is 20.6. The van der Waals surface area contributed by atoms with Gasteiger partial charge in [0.15, 0.2) is 0 Å². The number of hydrogen-bond donors (Lipinski definition) is 0. The Morgan fingerprint density at radius 1 is 0.346 bits per heavy atom. The number of imidazole rings is 1. The van der Waals surface area contributed by atoms with Crippen LogP contribution in [-0.2, 0) is 0 Å². The lowest BCUT2D eigenvalue weighted by Crippen LogP contribution is -2.13. The molecule has 236 valence electrons. The Hall–Kier alpha value is -7.11. The van der Waals surface area contributed by atoms with Gasteiger partial charge in [0.2, 0.25) is 0 Å². The fourth-order valence-electron chi connectivity index (χ4n) is 10.3. The smallest absolute Gasteiger partial charge is 0.264 e. The highest BCUT2D eigenvalue weighted by Gasteiger charge is 2.24. The second-order valence-electron chi connectivity index (χ2n) is 14.5. The van der Waals surface area contributed by atoms with Crippen molar-refractivity contribution in [1.82, 2.24) is 13.8 Å². The topological polar surface area (TPSA) is 55.8 Å². The van der Waals surface area contributed by atoms with Crippen molar-refractivity contribution in [1.29, 1.82) is 0 Å². The maximum absolute atomic E-state index is 14.2. The summed E-state index contributed by atoms with van der Waals surface area (Å²) in [7, 11) is 0. The fraction of sp³-hybridized carbons (Fsp3) is 0. The summed E-state index contributed by atoms with van der Waals surface area (Å²) < 4.78 is 3.66. The number of benzene rings is 10. The van der Waals surface area contributed by atoms with Gasteiger partial charge >= 0.3 is 0 Å². The van der Waals surface area contributed by atoms with E-state index >= 15 is 0 Å². The first-order valence-corrected chi connectivity index (χ1v) is 17.6. The van der Waals surface area contributed by atoms with E-state index in [4.69, 9.17) is 4.98 Å². The molecule has 5 nitrogen and oxygen atoms in total. The SMILES string of the molecule is O=c1c2ccc3c4ccc5c6ccc7c(=O)n8c9ccccc9nc8c8ccc(c9ccc(c%10ccc(c2c3%10)c2cc3ccccc3n12)c4c59)c6c78. The number of pyridine rings is 2. The minimum absolute atomic E-state index is 0.0223. The second kappa shape index (κ2) is 8.26. The van der Waals surface area contributed by atoms with Crippen LogP contribution < -0.4 is 11.1 Å². The summed E-state index contributed by atoms with van der Waals surface area (Å²) in [6.07, 6.45) is 0. The van der Waals surface area contributed by atoms with Gasteiger partial charge in [0.25, 0.3) is 11.1 Å². The minimum Gasteiger partial charge on any atom is -0.276 e. The number of para-hydroxylation sites is 3. The van der Waals surface area contributed by atoms with Crippen molar-refractivity contribution in [3.8, 4) is 0 Å². The molecule has 0 aliphatic heterocycles. The van der Waals surface area contributed by atoms with Gasteiger partial charge in [-0.25, -0.2) is 4.98 Å². The van der Waals surface area contributed by atoms with Crippen molar-refractivity contribution < 1.29 is 0 Å². The van der Waals surface area contributed by atoms with Crippen molar-refractivity contribution >= 4 is 130 Å². The number of rotatable bonds is 0. The Morgan fingerprint density at radius 2 is 0.750 bits per heavy atom. The first kappa shape index (κ1) is 25.8. The molecule has 0 amide bonds. The molecular formula is C47H21N3O2. The number of nitrogens with zero attached hydrogens (tertiary/aromatic N) is 3. The normalized spacial score (nSPS) is 13.2. The quantitative estimate of drug-likeness (QED) is 0.120. The van der Waals surface area contributed by atoms with E-state index in [-0.39, 0.29) is 11.1 Å². The lowest BCUT2D eigenvalue weighted by molar-refractivity contribution is 1.19. The van der Waals surface area contributed by atoms with Gasteiger partial charge in [-0.3, -0.25) is 18.4 Å². The van der Waals surface area contributed by atoms with Crippen molar-refractivity contribution in [3.05, 3.63) is 148 Å². The third-order valence-electron chi connectivity index (χ3n) is 12.3. The van der Waals surface area contributed by atoms with Crippen LogP contribution >= 0.6 is 0 Å². The van der Waals surface area contributed by atoms with E-state index in [0.717, 1.165) is 86.7 Å². The van der Waals surface area contributed by atoms with Crippen molar-refractivity contribution in [2.75, 3.05) is 0 Å². The molecule has 10 aromatic carbocycles. The molecule has 0 atom stereocenters. The van der Waals surface area contributed by atoms with Crippen LogP contribution in [0.3, 0.4) is 0 Å². The highest BCUT2D eigenvalue weighted by atomic mass is 16.1. The molecule has 0 N–H and O–H groups in total. The summed E-state index contributed by atoms with van der Waals surface area (Å²) >= 11 is 0. The molecule has 0 spiro atoms. The Kier molecular flexibility index (Phi) is 4.10. The van der Waals surface area contributed by atoms with Gasteiger partial charge in [-0.15, -0.1) is 0 Å². The van der Waals surface area contributed by atoms with E-state index < -0.39 is 0 Å². The Morgan fingerprint density at radius 3 is 1.33 bits per heavy atom. The Balaban J connectivity index is 1.17. The standard InChI is InChI=1S/C47H21N3O2/c51-46-33-19-15-29-25-11-12-26-30-16-20-34-44-32(45-48-35-6-2-4-8-37(35)50(45)47(34)52)18-14-28(42(30)44)24-10-9-23(39(25)40(24)26)27-13-17-31(43(33)41(27)29)38-21-22-5-1-3-7-36(22)49(38)46/h1-21H. The molecule has 0 fully saturated rings. The molecule has 14 rings (SSSR count). The molecule has 0 radical (unpaired) electrons. The highest BCUT2D eigenvalue weighted by Crippen LogP contribution is 2.49. The summed E-state index contributed by atoms with van der Waals surface area (Å²) in [5.74, 6) is 0. The average molecular weight is 660 g/mol. The van der Waals surface area contributed by atoms with Gasteiger partial charge in [-0.1, -0.05) is 84.9 Å². The lowest BCUT2D eigenvalue weighted by Gasteiger charge is -2.21. The zero-order valence-corrected chi connectivity index (χ0v) is 27.3. The zero-order valence-electron chi connectivity index (χ0n) is 27.3. The highest BCUT2D eigenvalue weighted by molar-refractivity contribution is 6.45. The molecule has 0 aliphatic carbocycles. The van der Waals surface area contributed by atoms with E-state index in [1.54, 1.807) is 4.40 Å². The molecule has 0 saturated carbocycles. The molecule has 52 heavy (non-hydrogen) atoms. The maximum Gasteiger partial charge on any atom is 0.264 e. The van der Waals surface area contributed by atoms with Crippen LogP contribution in [0.5, 0.6) is 0 Å². The minimum atomic E-state index is -0.0357. The first-order valence-electron chi connectivity index (χ1n) is 17.6. The summed E-state index contributed by atoms with van der Waals surface area (Å²) in [6, 6.07) is 44.4. The Labute approximate surface area is 291 Å². The zero-order chi connectivity index (χ0) is 33.7. The lowest BCUT2D eigenvalue weighted by atomic mass is 9.82. The van der Waals surface area contributed by atoms with E-state index in [2.05, 4.69) is 72.8 Å². The molecule has 0 bridgehead atoms. The molecule has 5 heteroatoms. The van der Waals surface area contributed by atoms with Gasteiger partial charge in [0.05, 0.1) is 22.1 Å². The van der Waals surface area contributed by atoms with Crippen LogP contribution in [0, 0.1) is 0 Å². The number of fused-ring (bicyclic) bond motifs is 12. The van der Waals surface area contributed by atoms with Gasteiger partial charge in [0, 0.05) is 37.7 Å². The van der Waals surface area contributed by atoms with Crippen molar-refractivity contribution in [3.63, 3.8) is 0 Å². The average Bonchev–Trinajstić information content (AvgIpc) is 3.78. The molecular weight excluding hydrogens is 639 g/mol. The van der Waals surface area contributed by atoms with Crippen molar-refractivity contribution in [2.24, 2.45) is 0 Å². The third-order valence-corrected chi connectivity index (χ3v) is 12.3. The number of hydrogen-bond acceptors (Lipinski definition) is 3. The van der Waals surface area contributed by atoms with Crippen LogP contribution in [0.2, 0.25) is 0 Å². The van der Waals surface area contributed by atoms with Gasteiger partial charge in [0.1, 0.15) is 5.65 Å². The summed E-state index contributed by atoms with van der Waals surface area (Å²) in [5.41, 5.74) is 4.23. The number of aromatic nitrogens is 3. The van der Waals surface area contributed by atoms with Crippen LogP contribution in [-0.4, -0.2) is 13.8 Å². The predicted molar refractivity (Wildman–Crippen MR) is 216 cm³/mol. The third kappa shape index (κ3) is 2.64. The first-order chi connectivity index (χ1) is 25.7. The molecule has 4 aromatic heterocycles. The van der Waals surface area contributed by atoms with Crippen LogP contribution in [0.1, 0.15) is 0 Å². The fourth-order valence-corrected chi connectivity index (χ4v) is 10.3. The van der Waals surface area contributed by atoms with E-state index in [1.165, 1.54) is 32.3 Å². The Bertz CT molecular complexity index is 3750. The van der Waals surface area contributed by atoms with Crippen LogP contribution in [0.15, 0.2) is 137 Å². The largest absolute Gasteiger partial charge is 0.276 e. The van der Waals surface area contributed by atoms with E-state index in [1.807, 2.05) is 59.0 Å². The molecule has 0 aliphatic rings. The summed E-state index contributed by atoms with van der Waals surface area (Å²) in [4.78, 5) is 33.4. The predicted octanol–water partition coefficient (Wildman–Crippen LogP) is 10.7. The van der Waals surface area contributed by atoms with E-state index in [9.17, 15) is 9.59 Å². The van der Waals surface area contributed by atoms with Gasteiger partial charge in [-0.2, -0.15) is 0 Å². The van der Waals surface area contributed by atoms with E-state index in [0.29, 0.717) is 11.0 Å². The molecule has 14 aromatic rings. The molecule has 0 saturated heterocycles. The molecule has 4 heterocycles. The van der Waals surface area contributed by atoms with Gasteiger partial charge < -0.3 is 0 Å². The maximum atomic E-state index is 14.2. The monoisotopic (exact) mass is 659 g/mol. The van der Waals surface area contributed by atoms with Crippen LogP contribution in [0.4, 0.5) is 0 Å². The second-order valence-corrected chi connectivity index (χ2v) is 14.5. The van der Waals surface area contributed by atoms with Crippen molar-refractivity contribution in [2.45, 2.75) is 0 Å². The van der Waals surface area contributed by atoms with Gasteiger partial charge in [-0.05, 0) is 107 Å². The summed E-state index contributed by atoms with van der Waals surface area (Å²) in [6.45, 7) is 0. The molecule has 0 unspecified atom stereocenters.